The number of esters is 1. The average Bonchev–Trinajstić information content (AvgIpc) is 2.40. The number of nitro groups is 1. The third-order valence-electron chi connectivity index (χ3n) is 2.52. The van der Waals surface area contributed by atoms with Crippen LogP contribution in [0, 0.1) is 10.1 Å². The van der Waals surface area contributed by atoms with E-state index in [0.717, 1.165) is 6.42 Å². The number of hydrogen-bond acceptors (Lipinski definition) is 4. The minimum Gasteiger partial charge on any atom is -0.462 e. The molecular formula is C14H17NO4. The van der Waals surface area contributed by atoms with E-state index in [1.807, 2.05) is 6.92 Å². The summed E-state index contributed by atoms with van der Waals surface area (Å²) in [4.78, 5) is 22.4. The fourth-order valence-electron chi connectivity index (χ4n) is 1.66. The molecule has 0 aliphatic heterocycles. The van der Waals surface area contributed by atoms with Gasteiger partial charge in [-0.15, -0.1) is 0 Å². The molecule has 0 aromatic heterocycles. The largest absolute Gasteiger partial charge is 0.462 e. The van der Waals surface area contributed by atoms with E-state index in [1.54, 1.807) is 31.2 Å². The van der Waals surface area contributed by atoms with Gasteiger partial charge in [0.1, 0.15) is 0 Å². The first-order valence-electron chi connectivity index (χ1n) is 6.22. The maximum atomic E-state index is 11.9. The summed E-state index contributed by atoms with van der Waals surface area (Å²) >= 11 is 0. The van der Waals surface area contributed by atoms with Gasteiger partial charge in [-0.05, 0) is 19.4 Å². The number of rotatable bonds is 6. The quantitative estimate of drug-likeness (QED) is 0.341. The molecule has 1 rings (SSSR count). The Morgan fingerprint density at radius 3 is 2.63 bits per heavy atom. The van der Waals surface area contributed by atoms with Gasteiger partial charge in [0.2, 0.25) is 0 Å². The fourth-order valence-corrected chi connectivity index (χ4v) is 1.66. The molecule has 5 nitrogen and oxygen atoms in total. The van der Waals surface area contributed by atoms with Crippen LogP contribution < -0.4 is 0 Å². The molecule has 0 aliphatic carbocycles. The van der Waals surface area contributed by atoms with Gasteiger partial charge in [0.15, 0.2) is 0 Å². The van der Waals surface area contributed by atoms with Crippen LogP contribution in [0.3, 0.4) is 0 Å². The van der Waals surface area contributed by atoms with Gasteiger partial charge in [-0.1, -0.05) is 31.6 Å². The molecule has 0 saturated heterocycles. The normalized spacial score (nSPS) is 11.2. The number of para-hydroxylation sites is 1. The minimum absolute atomic E-state index is 0.0853. The third kappa shape index (κ3) is 3.91. The Morgan fingerprint density at radius 2 is 2.05 bits per heavy atom. The van der Waals surface area contributed by atoms with E-state index in [4.69, 9.17) is 4.74 Å². The van der Waals surface area contributed by atoms with Crippen LogP contribution in [0.25, 0.3) is 5.57 Å². The highest BCUT2D eigenvalue weighted by molar-refractivity contribution is 6.17. The van der Waals surface area contributed by atoms with Gasteiger partial charge < -0.3 is 4.74 Å². The Bertz CT molecular complexity index is 494. The molecule has 0 unspecified atom stereocenters. The van der Waals surface area contributed by atoms with Gasteiger partial charge in [0, 0.05) is 6.07 Å². The van der Waals surface area contributed by atoms with Crippen molar-refractivity contribution in [2.75, 3.05) is 6.61 Å². The van der Waals surface area contributed by atoms with Gasteiger partial charge in [-0.25, -0.2) is 4.79 Å². The molecule has 0 saturated carbocycles. The van der Waals surface area contributed by atoms with Crippen molar-refractivity contribution in [2.45, 2.75) is 26.7 Å². The lowest BCUT2D eigenvalue weighted by molar-refractivity contribution is -0.385. The van der Waals surface area contributed by atoms with Crippen LogP contribution in [0.5, 0.6) is 0 Å². The number of unbranched alkanes of at least 4 members (excludes halogenated alkanes) is 1. The van der Waals surface area contributed by atoms with Crippen molar-refractivity contribution in [3.63, 3.8) is 0 Å². The molecule has 0 spiro atoms. The second kappa shape index (κ2) is 7.31. The van der Waals surface area contributed by atoms with E-state index in [0.29, 0.717) is 12.0 Å². The third-order valence-corrected chi connectivity index (χ3v) is 2.52. The Morgan fingerprint density at radius 1 is 1.37 bits per heavy atom. The van der Waals surface area contributed by atoms with Crippen molar-refractivity contribution in [1.29, 1.82) is 0 Å². The lowest BCUT2D eigenvalue weighted by atomic mass is 10.0. The van der Waals surface area contributed by atoms with Crippen molar-refractivity contribution in [1.82, 2.24) is 0 Å². The second-order valence-electron chi connectivity index (χ2n) is 3.90. The highest BCUT2D eigenvalue weighted by atomic mass is 16.6. The number of allylic oxidation sites excluding steroid dienone is 1. The monoisotopic (exact) mass is 263 g/mol. The molecule has 0 bridgehead atoms. The fraction of sp³-hybridized carbons (Fsp3) is 0.357. The number of nitro benzene ring substituents is 1. The summed E-state index contributed by atoms with van der Waals surface area (Å²) in [5.41, 5.74) is 0.480. The predicted octanol–water partition coefficient (Wildman–Crippen LogP) is 3.34. The van der Waals surface area contributed by atoms with Gasteiger partial charge in [-0.3, -0.25) is 10.1 Å². The van der Waals surface area contributed by atoms with Crippen LogP contribution in [-0.4, -0.2) is 17.5 Å². The second-order valence-corrected chi connectivity index (χ2v) is 3.90. The Hall–Kier alpha value is -2.17. The summed E-state index contributed by atoms with van der Waals surface area (Å²) in [7, 11) is 0. The molecule has 0 radical (unpaired) electrons. The van der Waals surface area contributed by atoms with Crippen LogP contribution in [0.15, 0.2) is 30.3 Å². The molecular weight excluding hydrogens is 246 g/mol. The summed E-state index contributed by atoms with van der Waals surface area (Å²) in [6, 6.07) is 6.19. The maximum Gasteiger partial charge on any atom is 0.338 e. The minimum atomic E-state index is -0.523. The molecule has 1 aromatic rings. The molecule has 5 heteroatoms. The molecule has 0 N–H and O–H groups in total. The first-order valence-corrected chi connectivity index (χ1v) is 6.22. The zero-order valence-corrected chi connectivity index (χ0v) is 11.1. The van der Waals surface area contributed by atoms with Gasteiger partial charge in [-0.2, -0.15) is 0 Å². The molecule has 19 heavy (non-hydrogen) atoms. The smallest absolute Gasteiger partial charge is 0.338 e. The average molecular weight is 263 g/mol. The highest BCUT2D eigenvalue weighted by Gasteiger charge is 2.21. The van der Waals surface area contributed by atoms with Crippen LogP contribution in [0.4, 0.5) is 5.69 Å². The van der Waals surface area contributed by atoms with Crippen LogP contribution in [0.2, 0.25) is 0 Å². The van der Waals surface area contributed by atoms with Crippen molar-refractivity contribution in [2.24, 2.45) is 0 Å². The van der Waals surface area contributed by atoms with E-state index in [9.17, 15) is 14.9 Å². The van der Waals surface area contributed by atoms with Gasteiger partial charge in [0.25, 0.3) is 5.69 Å². The summed E-state index contributed by atoms with van der Waals surface area (Å²) in [6.07, 6.45) is 3.21. The van der Waals surface area contributed by atoms with Crippen LogP contribution in [0.1, 0.15) is 32.3 Å². The first kappa shape index (κ1) is 14.9. The number of carbonyl (C=O) groups excluding carboxylic acids is 1. The number of ether oxygens (including phenoxy) is 1. The molecule has 102 valence electrons. The van der Waals surface area contributed by atoms with E-state index >= 15 is 0 Å². The van der Waals surface area contributed by atoms with E-state index < -0.39 is 10.9 Å². The number of carbonyl (C=O) groups is 1. The molecule has 0 aliphatic rings. The maximum absolute atomic E-state index is 11.9. The van der Waals surface area contributed by atoms with E-state index in [1.165, 1.54) is 6.07 Å². The number of hydrogen-bond donors (Lipinski definition) is 0. The summed E-state index contributed by atoms with van der Waals surface area (Å²) in [5, 5.41) is 11.0. The molecule has 0 atom stereocenters. The molecule has 0 heterocycles. The summed E-state index contributed by atoms with van der Waals surface area (Å²) in [6.45, 7) is 3.91. The van der Waals surface area contributed by atoms with Crippen LogP contribution >= 0.6 is 0 Å². The van der Waals surface area contributed by atoms with Crippen molar-refractivity contribution >= 4 is 17.2 Å². The van der Waals surface area contributed by atoms with Gasteiger partial charge in [0.05, 0.1) is 22.7 Å². The lowest BCUT2D eigenvalue weighted by Crippen LogP contribution is -2.08. The summed E-state index contributed by atoms with van der Waals surface area (Å²) < 4.78 is 4.96. The summed E-state index contributed by atoms with van der Waals surface area (Å²) in [5.74, 6) is -0.523. The number of nitrogens with zero attached hydrogens (tertiary/aromatic N) is 1. The van der Waals surface area contributed by atoms with Crippen molar-refractivity contribution in [3.05, 3.63) is 46.0 Å². The first-order chi connectivity index (χ1) is 9.11. The molecule has 1 aromatic carbocycles. The predicted molar refractivity (Wildman–Crippen MR) is 72.6 cm³/mol. The Labute approximate surface area is 112 Å². The SMILES string of the molecule is CCC/C=C(\C(=O)OCC)c1ccccc1[N+](=O)[O-]. The Kier molecular flexibility index (Phi) is 5.73. The van der Waals surface area contributed by atoms with E-state index in [-0.39, 0.29) is 17.9 Å². The van der Waals surface area contributed by atoms with Gasteiger partial charge >= 0.3 is 5.97 Å². The molecule has 0 fully saturated rings. The lowest BCUT2D eigenvalue weighted by Gasteiger charge is -2.07. The zero-order chi connectivity index (χ0) is 14.3. The Balaban J connectivity index is 3.25. The number of benzene rings is 1. The molecule has 0 amide bonds. The van der Waals surface area contributed by atoms with Crippen LogP contribution in [-0.2, 0) is 9.53 Å². The zero-order valence-electron chi connectivity index (χ0n) is 11.1. The topological polar surface area (TPSA) is 69.4 Å². The van der Waals surface area contributed by atoms with E-state index in [2.05, 4.69) is 0 Å². The van der Waals surface area contributed by atoms with Crippen molar-refractivity contribution in [3.8, 4) is 0 Å². The van der Waals surface area contributed by atoms with Crippen molar-refractivity contribution < 1.29 is 14.5 Å². The highest BCUT2D eigenvalue weighted by Crippen LogP contribution is 2.27. The standard InChI is InChI=1S/C14H17NO4/c1-3-5-8-12(14(16)19-4-2)11-9-6-7-10-13(11)15(17)18/h6-10H,3-5H2,1-2H3/b12-8-.